The van der Waals surface area contributed by atoms with Gasteiger partial charge in [-0.1, -0.05) is 30.3 Å². The molecule has 1 fully saturated rings. The highest BCUT2D eigenvalue weighted by molar-refractivity contribution is 6.00. The van der Waals surface area contributed by atoms with E-state index in [1.165, 1.54) is 6.42 Å². The van der Waals surface area contributed by atoms with Crippen molar-refractivity contribution in [2.45, 2.75) is 44.4 Å². The molecule has 0 spiro atoms. The minimum absolute atomic E-state index is 0.0864. The van der Waals surface area contributed by atoms with Gasteiger partial charge in [0.1, 0.15) is 17.3 Å². The van der Waals surface area contributed by atoms with E-state index in [2.05, 4.69) is 15.2 Å². The van der Waals surface area contributed by atoms with Crippen molar-refractivity contribution in [1.82, 2.24) is 9.97 Å². The maximum atomic E-state index is 13.5. The summed E-state index contributed by atoms with van der Waals surface area (Å²) in [4.78, 5) is 36.7. The number of H-pyrrole nitrogens is 1. The highest BCUT2D eigenvalue weighted by Gasteiger charge is 2.38. The molecule has 7 heteroatoms. The molecule has 1 atom stereocenters. The number of ketones is 1. The van der Waals surface area contributed by atoms with Crippen molar-refractivity contribution < 1.29 is 9.53 Å². The van der Waals surface area contributed by atoms with E-state index in [0.717, 1.165) is 55.8 Å². The maximum Gasteiger partial charge on any atom is 0.258 e. The van der Waals surface area contributed by atoms with Crippen LogP contribution in [0.5, 0.6) is 11.5 Å². The van der Waals surface area contributed by atoms with E-state index in [-0.39, 0.29) is 11.3 Å². The quantitative estimate of drug-likeness (QED) is 0.553. The highest BCUT2D eigenvalue weighted by Crippen LogP contribution is 2.44. The Bertz CT molecular complexity index is 1360. The van der Waals surface area contributed by atoms with Crippen LogP contribution in [-0.4, -0.2) is 28.8 Å². The van der Waals surface area contributed by atoms with Gasteiger partial charge in [-0.25, -0.2) is 0 Å². The molecule has 3 heterocycles. The van der Waals surface area contributed by atoms with Gasteiger partial charge in [-0.2, -0.15) is 4.98 Å². The van der Waals surface area contributed by atoms with Gasteiger partial charge in [-0.05, 0) is 61.9 Å². The lowest BCUT2D eigenvalue weighted by molar-refractivity contribution is -0.116. The molecular weight excluding hydrogens is 440 g/mol. The smallest absolute Gasteiger partial charge is 0.258 e. The largest absolute Gasteiger partial charge is 0.457 e. The molecule has 1 aromatic heterocycles. The number of para-hydroxylation sites is 1. The number of carbonyl (C=O) groups excluding carboxylic acids is 1. The number of hydrogen-bond acceptors (Lipinski definition) is 6. The van der Waals surface area contributed by atoms with Gasteiger partial charge in [0.15, 0.2) is 5.78 Å². The molecule has 6 rings (SSSR count). The second-order valence-corrected chi connectivity index (χ2v) is 9.41. The van der Waals surface area contributed by atoms with Gasteiger partial charge < -0.3 is 15.0 Å². The second kappa shape index (κ2) is 9.06. The van der Waals surface area contributed by atoms with E-state index in [0.29, 0.717) is 35.1 Å². The van der Waals surface area contributed by atoms with Gasteiger partial charge in [-0.3, -0.25) is 14.6 Å². The number of nitrogens with zero attached hydrogens (tertiary/aromatic N) is 2. The first-order valence-corrected chi connectivity index (χ1v) is 12.4. The fourth-order valence-corrected chi connectivity index (χ4v) is 5.42. The predicted octanol–water partition coefficient (Wildman–Crippen LogP) is 5.12. The number of hydrogen-bond donors (Lipinski definition) is 2. The van der Waals surface area contributed by atoms with Gasteiger partial charge in [0.05, 0.1) is 5.56 Å². The molecule has 1 aliphatic carbocycles. The molecule has 1 saturated heterocycles. The minimum atomic E-state index is -0.486. The zero-order valence-corrected chi connectivity index (χ0v) is 19.5. The van der Waals surface area contributed by atoms with Crippen molar-refractivity contribution in [3.05, 3.63) is 87.3 Å². The van der Waals surface area contributed by atoms with Crippen molar-refractivity contribution in [3.63, 3.8) is 0 Å². The molecule has 178 valence electrons. The molecule has 0 amide bonds. The Morgan fingerprint density at radius 1 is 0.886 bits per heavy atom. The fourth-order valence-electron chi connectivity index (χ4n) is 5.42. The molecule has 3 aliphatic rings. The number of fused-ring (bicyclic) bond motifs is 1. The Morgan fingerprint density at radius 2 is 1.69 bits per heavy atom. The van der Waals surface area contributed by atoms with Crippen molar-refractivity contribution >= 4 is 17.5 Å². The number of anilines is 2. The van der Waals surface area contributed by atoms with Crippen molar-refractivity contribution in [1.29, 1.82) is 0 Å². The molecule has 7 nitrogen and oxygen atoms in total. The number of ether oxygens (including phenoxy) is 1. The van der Waals surface area contributed by atoms with Crippen LogP contribution >= 0.6 is 0 Å². The predicted molar refractivity (Wildman–Crippen MR) is 135 cm³/mol. The highest BCUT2D eigenvalue weighted by atomic mass is 16.5. The lowest BCUT2D eigenvalue weighted by Gasteiger charge is -2.34. The lowest BCUT2D eigenvalue weighted by atomic mass is 9.76. The van der Waals surface area contributed by atoms with Gasteiger partial charge in [0.25, 0.3) is 5.56 Å². The number of piperidine rings is 1. The van der Waals surface area contributed by atoms with Crippen LogP contribution in [0.4, 0.5) is 11.8 Å². The summed E-state index contributed by atoms with van der Waals surface area (Å²) in [5.41, 5.74) is 2.71. The number of benzene rings is 2. The Labute approximate surface area is 203 Å². The molecule has 35 heavy (non-hydrogen) atoms. The monoisotopic (exact) mass is 468 g/mol. The normalized spacial score (nSPS) is 19.6. The zero-order valence-electron chi connectivity index (χ0n) is 19.5. The first kappa shape index (κ1) is 21.6. The number of nitrogens with one attached hydrogen (secondary N) is 2. The topological polar surface area (TPSA) is 87.3 Å². The van der Waals surface area contributed by atoms with Crippen LogP contribution in [-0.2, 0) is 4.79 Å². The van der Waals surface area contributed by atoms with Crippen LogP contribution in [0.1, 0.15) is 55.6 Å². The summed E-state index contributed by atoms with van der Waals surface area (Å²) < 4.78 is 6.06. The van der Waals surface area contributed by atoms with Crippen LogP contribution < -0.4 is 20.5 Å². The third-order valence-electron chi connectivity index (χ3n) is 7.07. The number of allylic oxidation sites excluding steroid dienone is 2. The third kappa shape index (κ3) is 4.11. The van der Waals surface area contributed by atoms with Crippen LogP contribution in [0.15, 0.2) is 70.7 Å². The van der Waals surface area contributed by atoms with Crippen molar-refractivity contribution in [2.75, 3.05) is 23.3 Å². The first-order chi connectivity index (χ1) is 17.2. The lowest BCUT2D eigenvalue weighted by Crippen LogP contribution is -2.36. The van der Waals surface area contributed by atoms with Gasteiger partial charge in [0, 0.05) is 36.7 Å². The summed E-state index contributed by atoms with van der Waals surface area (Å²) in [6.45, 7) is 1.77. The minimum Gasteiger partial charge on any atom is -0.457 e. The van der Waals surface area contributed by atoms with Crippen molar-refractivity contribution in [3.8, 4) is 11.5 Å². The third-order valence-corrected chi connectivity index (χ3v) is 7.07. The number of Topliss-reactive ketones (excluding diaryl/α,β-unsaturated/α-hetero) is 1. The number of aromatic nitrogens is 2. The molecule has 0 unspecified atom stereocenters. The van der Waals surface area contributed by atoms with E-state index in [1.807, 2.05) is 54.6 Å². The Morgan fingerprint density at radius 3 is 2.51 bits per heavy atom. The summed E-state index contributed by atoms with van der Waals surface area (Å²) in [6.07, 6.45) is 5.44. The summed E-state index contributed by atoms with van der Waals surface area (Å²) in [5, 5.41) is 3.37. The standard InChI is InChI=1S/C28H28N4O3/c33-22-14-8-13-21-24(22)23(18-9-7-12-20(17-18)35-19-10-3-1-4-11-19)25-26(29-21)30-28(31-27(25)34)32-15-5-2-6-16-32/h1,3-4,7,9-12,17,23H,2,5-6,8,13-16H2,(H2,29,30,31,34)/t23-/m1/s1. The molecule has 2 N–H and O–H groups in total. The number of aromatic amines is 1. The van der Waals surface area contributed by atoms with Gasteiger partial charge >= 0.3 is 0 Å². The van der Waals surface area contributed by atoms with Crippen molar-refractivity contribution in [2.24, 2.45) is 0 Å². The molecule has 2 aromatic carbocycles. The van der Waals surface area contributed by atoms with Crippen LogP contribution in [0.25, 0.3) is 0 Å². The van der Waals surface area contributed by atoms with Crippen LogP contribution in [0, 0.1) is 0 Å². The fraction of sp³-hybridized carbons (Fsp3) is 0.321. The summed E-state index contributed by atoms with van der Waals surface area (Å²) in [7, 11) is 0. The Kier molecular flexibility index (Phi) is 5.60. The second-order valence-electron chi connectivity index (χ2n) is 9.41. The van der Waals surface area contributed by atoms with Gasteiger partial charge in [0.2, 0.25) is 5.95 Å². The molecule has 0 bridgehead atoms. The SMILES string of the molecule is O=C1CCCC2=C1[C@@H](c1cccc(Oc3ccccc3)c1)c1c(nc(N3CCCCC3)[nH]c1=O)N2. The average molecular weight is 469 g/mol. The van der Waals surface area contributed by atoms with E-state index in [1.54, 1.807) is 0 Å². The van der Waals surface area contributed by atoms with Crippen LogP contribution in [0.3, 0.4) is 0 Å². The number of carbonyl (C=O) groups is 1. The molecule has 3 aromatic rings. The average Bonchev–Trinajstić information content (AvgIpc) is 2.89. The first-order valence-electron chi connectivity index (χ1n) is 12.4. The molecule has 0 saturated carbocycles. The van der Waals surface area contributed by atoms with E-state index in [4.69, 9.17) is 9.72 Å². The molecular formula is C28H28N4O3. The van der Waals surface area contributed by atoms with Crippen LogP contribution in [0.2, 0.25) is 0 Å². The number of rotatable bonds is 4. The van der Waals surface area contributed by atoms with Gasteiger partial charge in [-0.15, -0.1) is 0 Å². The molecule has 0 radical (unpaired) electrons. The Hall–Kier alpha value is -3.87. The van der Waals surface area contributed by atoms with E-state index in [9.17, 15) is 9.59 Å². The zero-order chi connectivity index (χ0) is 23.8. The van der Waals surface area contributed by atoms with E-state index < -0.39 is 5.92 Å². The van der Waals surface area contributed by atoms with E-state index >= 15 is 0 Å². The Balaban J connectivity index is 1.45. The summed E-state index contributed by atoms with van der Waals surface area (Å²) >= 11 is 0. The summed E-state index contributed by atoms with van der Waals surface area (Å²) in [6, 6.07) is 17.3. The maximum absolute atomic E-state index is 13.5. The molecule has 2 aliphatic heterocycles. The summed E-state index contributed by atoms with van der Waals surface area (Å²) in [5.74, 6) is 2.15.